The number of guanidine groups is 4. The standard InChI is InChI=1S/C48H60F2N14O7/c1-24-22-70-41-36-26(13-27(43(66)67)16-61(24)36)14-34(49)38(41)59-17-28-7-8-29(18-59)63(28)47(53)57-45(51)55-11-5-3-4-6-12-56-46(52)58-48(54)64-30-9-10-31(64)20-60(19-30)39-35(50)15-32-37-42(39)71-23-25(2)62(37)21-33(40(32)65)44(68)69/h14-16,21,24-25,28-31H,3-13,17-20,22-23H2,1-2H3,(H,66,67)(H,68,69)(H4,51,53,55,57)(H4,52,54,56,58). The van der Waals surface area contributed by atoms with Crippen LogP contribution in [-0.4, -0.2) is 143 Å². The summed E-state index contributed by atoms with van der Waals surface area (Å²) >= 11 is 0. The Morgan fingerprint density at radius 2 is 1.21 bits per heavy atom. The number of aliphatic carboxylic acids is 1. The number of ether oxygens (including phenoxy) is 2. The molecule has 0 saturated carbocycles. The molecule has 10 N–H and O–H groups in total. The maximum Gasteiger partial charge on any atom is 0.341 e. The van der Waals surface area contributed by atoms with Crippen molar-refractivity contribution in [2.75, 3.05) is 67.2 Å². The maximum absolute atomic E-state index is 16.0. The molecule has 0 aliphatic carbocycles. The van der Waals surface area contributed by atoms with Crippen molar-refractivity contribution in [1.82, 2.24) is 14.4 Å². The number of benzene rings is 2. The second-order valence-electron chi connectivity index (χ2n) is 19.7. The van der Waals surface area contributed by atoms with E-state index in [1.807, 2.05) is 33.4 Å². The molecule has 21 nitrogen and oxygen atoms in total. The van der Waals surface area contributed by atoms with Crippen molar-refractivity contribution in [3.05, 3.63) is 63.1 Å². The van der Waals surface area contributed by atoms with Crippen molar-refractivity contribution in [3.63, 3.8) is 0 Å². The lowest BCUT2D eigenvalue weighted by Gasteiger charge is -2.45. The van der Waals surface area contributed by atoms with Gasteiger partial charge in [-0.3, -0.25) is 14.8 Å². The van der Waals surface area contributed by atoms with Crippen molar-refractivity contribution < 1.29 is 38.1 Å². The molecular weight excluding hydrogens is 923 g/mol. The van der Waals surface area contributed by atoms with Crippen LogP contribution in [0.3, 0.4) is 0 Å². The zero-order valence-corrected chi connectivity index (χ0v) is 39.8. The van der Waals surface area contributed by atoms with Gasteiger partial charge < -0.3 is 71.7 Å². The van der Waals surface area contributed by atoms with Crippen molar-refractivity contribution in [1.29, 1.82) is 0 Å². The summed E-state index contributed by atoms with van der Waals surface area (Å²) in [6.07, 6.45) is 9.67. The molecule has 4 fully saturated rings. The fourth-order valence-electron chi connectivity index (χ4n) is 11.7. The number of halogens is 2. The summed E-state index contributed by atoms with van der Waals surface area (Å²) in [5.41, 5.74) is 26.9. The second-order valence-corrected chi connectivity index (χ2v) is 19.7. The number of hydrogen-bond acceptors (Lipinski definition) is 10. The molecule has 8 heterocycles. The molecule has 378 valence electrons. The van der Waals surface area contributed by atoms with Gasteiger partial charge in [-0.2, -0.15) is 9.98 Å². The van der Waals surface area contributed by atoms with E-state index in [0.717, 1.165) is 63.1 Å². The van der Waals surface area contributed by atoms with E-state index in [1.165, 1.54) is 12.3 Å². The Morgan fingerprint density at radius 1 is 0.704 bits per heavy atom. The highest BCUT2D eigenvalue weighted by Crippen LogP contribution is 2.50. The topological polar surface area (TPSA) is 285 Å². The Labute approximate surface area is 407 Å². The normalized spacial score (nSPS) is 25.1. The van der Waals surface area contributed by atoms with Gasteiger partial charge >= 0.3 is 11.9 Å². The van der Waals surface area contributed by atoms with E-state index in [2.05, 4.69) is 24.9 Å². The molecular formula is C48H60F2N14O7. The quantitative estimate of drug-likeness (QED) is 0.0915. The molecule has 4 bridgehead atoms. The number of nitrogens with zero attached hydrogens (tertiary/aromatic N) is 10. The monoisotopic (exact) mass is 982 g/mol. The molecule has 7 aliphatic heterocycles. The molecule has 6 unspecified atom stereocenters. The number of unbranched alkanes of at least 4 members (excludes halogenated alkanes) is 3. The Balaban J connectivity index is 0.689. The first-order chi connectivity index (χ1) is 34.1. The highest BCUT2D eigenvalue weighted by Gasteiger charge is 2.46. The van der Waals surface area contributed by atoms with E-state index in [9.17, 15) is 24.6 Å². The highest BCUT2D eigenvalue weighted by molar-refractivity contribution is 5.98. The number of pyridine rings is 1. The molecule has 10 rings (SSSR count). The van der Waals surface area contributed by atoms with Crippen molar-refractivity contribution in [3.8, 4) is 11.5 Å². The summed E-state index contributed by atoms with van der Waals surface area (Å²) in [4.78, 5) is 64.5. The third kappa shape index (κ3) is 8.61. The van der Waals surface area contributed by atoms with Crippen LogP contribution < -0.4 is 52.5 Å². The number of aliphatic imine (C=N–C) groups is 4. The maximum atomic E-state index is 16.0. The lowest BCUT2D eigenvalue weighted by atomic mass is 9.95. The number of piperazine rings is 2. The third-order valence-corrected chi connectivity index (χ3v) is 15.0. The van der Waals surface area contributed by atoms with E-state index in [4.69, 9.17) is 32.4 Å². The summed E-state index contributed by atoms with van der Waals surface area (Å²) in [6.45, 7) is 7.04. The van der Waals surface area contributed by atoms with Crippen LogP contribution in [-0.2, 0) is 11.2 Å². The Hall–Kier alpha value is -7.33. The van der Waals surface area contributed by atoms with Crippen LogP contribution in [0.2, 0.25) is 0 Å². The number of aromatic carboxylic acids is 1. The Kier molecular flexibility index (Phi) is 12.5. The lowest BCUT2D eigenvalue weighted by molar-refractivity contribution is -0.132. The van der Waals surface area contributed by atoms with Gasteiger partial charge in [0.05, 0.1) is 34.2 Å². The van der Waals surface area contributed by atoms with Gasteiger partial charge in [0, 0.05) is 82.3 Å². The zero-order valence-electron chi connectivity index (χ0n) is 39.8. The molecule has 3 aromatic rings. The smallest absolute Gasteiger partial charge is 0.341 e. The summed E-state index contributed by atoms with van der Waals surface area (Å²) in [7, 11) is 0. The molecule has 0 spiro atoms. The number of hydrogen-bond donors (Lipinski definition) is 6. The zero-order chi connectivity index (χ0) is 50.0. The van der Waals surface area contributed by atoms with Crippen LogP contribution in [0.5, 0.6) is 11.5 Å². The van der Waals surface area contributed by atoms with Gasteiger partial charge in [-0.15, -0.1) is 0 Å². The number of carboxylic acid groups (broad SMARTS) is 2. The van der Waals surface area contributed by atoms with Gasteiger partial charge in [-0.25, -0.2) is 18.4 Å². The number of carbonyl (C=O) groups is 2. The van der Waals surface area contributed by atoms with Gasteiger partial charge in [-0.05, 0) is 70.1 Å². The summed E-state index contributed by atoms with van der Waals surface area (Å²) in [5, 5.41) is 19.3. The molecule has 2 aromatic carbocycles. The first-order valence-corrected chi connectivity index (χ1v) is 24.4. The molecule has 7 aliphatic rings. The minimum Gasteiger partial charge on any atom is -0.487 e. The van der Waals surface area contributed by atoms with Gasteiger partial charge in [0.2, 0.25) is 17.3 Å². The Bertz CT molecular complexity index is 2880. The van der Waals surface area contributed by atoms with Crippen LogP contribution in [0.4, 0.5) is 25.8 Å². The predicted molar refractivity (Wildman–Crippen MR) is 265 cm³/mol. The van der Waals surface area contributed by atoms with Crippen LogP contribution >= 0.6 is 0 Å². The van der Waals surface area contributed by atoms with Gasteiger partial charge in [0.25, 0.3) is 0 Å². The van der Waals surface area contributed by atoms with Crippen LogP contribution in [0.15, 0.2) is 54.9 Å². The fraction of sp³-hybridized carbons (Fsp3) is 0.521. The summed E-state index contributed by atoms with van der Waals surface area (Å²) < 4.78 is 45.9. The van der Waals surface area contributed by atoms with Crippen molar-refractivity contribution in [2.24, 2.45) is 42.9 Å². The van der Waals surface area contributed by atoms with Gasteiger partial charge in [0.1, 0.15) is 30.2 Å². The predicted octanol–water partition coefficient (Wildman–Crippen LogP) is 2.87. The first-order valence-electron chi connectivity index (χ1n) is 24.4. The van der Waals surface area contributed by atoms with Crippen molar-refractivity contribution >= 4 is 63.7 Å². The highest BCUT2D eigenvalue weighted by atomic mass is 19.1. The summed E-state index contributed by atoms with van der Waals surface area (Å²) in [5.74, 6) is -2.11. The van der Waals surface area contributed by atoms with E-state index in [-0.39, 0.29) is 95.5 Å². The van der Waals surface area contributed by atoms with Crippen molar-refractivity contribution in [2.45, 2.75) is 108 Å². The molecule has 6 atom stereocenters. The Morgan fingerprint density at radius 3 is 1.75 bits per heavy atom. The fourth-order valence-corrected chi connectivity index (χ4v) is 11.7. The van der Waals surface area contributed by atoms with E-state index >= 15 is 8.78 Å². The lowest BCUT2D eigenvalue weighted by Crippen LogP contribution is -2.58. The van der Waals surface area contributed by atoms with E-state index in [0.29, 0.717) is 68.4 Å². The first kappa shape index (κ1) is 47.4. The SMILES string of the molecule is CC1COc2c(N3CC4CCC(C3)N4/C(N)=N/C(N)=NCCCCCCN=C(N)/N=C(\N)N3C4CCC3CN(c3c(F)cc5c(=O)c(C(=O)O)cn6c5c3OCC6C)C4)c(F)cc3c2N1C=C(C(=O)O)C3. The molecule has 0 amide bonds. The van der Waals surface area contributed by atoms with E-state index < -0.39 is 34.6 Å². The van der Waals surface area contributed by atoms with Gasteiger partial charge in [-0.1, -0.05) is 12.8 Å². The summed E-state index contributed by atoms with van der Waals surface area (Å²) in [6, 6.07) is 1.96. The number of aromatic nitrogens is 1. The molecule has 4 saturated heterocycles. The number of fused-ring (bicyclic) bond motifs is 4. The van der Waals surface area contributed by atoms with Crippen LogP contribution in [0.1, 0.15) is 87.2 Å². The average molecular weight is 983 g/mol. The largest absolute Gasteiger partial charge is 0.487 e. The van der Waals surface area contributed by atoms with Gasteiger partial charge in [0.15, 0.2) is 35.1 Å². The number of anilines is 3. The second kappa shape index (κ2) is 18.8. The minimum atomic E-state index is -1.37. The number of rotatable bonds is 11. The molecule has 1 aromatic heterocycles. The molecule has 23 heteroatoms. The average Bonchev–Trinajstić information content (AvgIpc) is 3.76. The number of nitrogens with two attached hydrogens (primary N) is 4. The third-order valence-electron chi connectivity index (χ3n) is 15.0. The molecule has 71 heavy (non-hydrogen) atoms. The molecule has 0 radical (unpaired) electrons. The van der Waals surface area contributed by atoms with E-state index in [1.54, 1.807) is 10.8 Å². The van der Waals surface area contributed by atoms with Crippen LogP contribution in [0.25, 0.3) is 10.9 Å². The van der Waals surface area contributed by atoms with Crippen LogP contribution in [0, 0.1) is 11.6 Å². The number of carboxylic acids is 2. The minimum absolute atomic E-state index is 0.0271.